The molecule has 1 amide bonds. The summed E-state index contributed by atoms with van der Waals surface area (Å²) in [4.78, 5) is 11.9. The van der Waals surface area contributed by atoms with Crippen molar-refractivity contribution in [2.75, 3.05) is 13.2 Å². The number of hydrogen-bond acceptors (Lipinski definition) is 3. The van der Waals surface area contributed by atoms with Crippen LogP contribution in [0.25, 0.3) is 0 Å². The highest BCUT2D eigenvalue weighted by Crippen LogP contribution is 2.22. The quantitative estimate of drug-likeness (QED) is 0.821. The molecule has 0 unspecified atom stereocenters. The number of phenolic OH excluding ortho intramolecular Hbond substituents is 1. The lowest BCUT2D eigenvalue weighted by Gasteiger charge is -2.22. The Morgan fingerprint density at radius 3 is 2.80 bits per heavy atom. The molecular weight excluding hydrogens is 278 g/mol. The van der Waals surface area contributed by atoms with Crippen molar-refractivity contribution in [2.24, 2.45) is 0 Å². The van der Waals surface area contributed by atoms with Gasteiger partial charge in [-0.25, -0.2) is 0 Å². The maximum absolute atomic E-state index is 11.9. The van der Waals surface area contributed by atoms with Gasteiger partial charge in [0.1, 0.15) is 5.75 Å². The Kier molecular flexibility index (Phi) is 5.68. The summed E-state index contributed by atoms with van der Waals surface area (Å²) in [6, 6.07) is 4.44. The lowest BCUT2D eigenvalue weighted by molar-refractivity contribution is 0.0299. The zero-order valence-electron chi connectivity index (χ0n) is 11.4. The molecule has 0 atom stereocenters. The summed E-state index contributed by atoms with van der Waals surface area (Å²) in [5.74, 6) is -0.422. The molecule has 20 heavy (non-hydrogen) atoms. The van der Waals surface area contributed by atoms with Gasteiger partial charge >= 0.3 is 0 Å². The van der Waals surface area contributed by atoms with Gasteiger partial charge < -0.3 is 15.2 Å². The molecule has 1 aliphatic carbocycles. The number of amides is 1. The van der Waals surface area contributed by atoms with E-state index >= 15 is 0 Å². The Morgan fingerprint density at radius 1 is 1.35 bits per heavy atom. The summed E-state index contributed by atoms with van der Waals surface area (Å²) >= 11 is 5.72. The predicted molar refractivity (Wildman–Crippen MR) is 78.3 cm³/mol. The van der Waals surface area contributed by atoms with E-state index in [-0.39, 0.29) is 17.2 Å². The van der Waals surface area contributed by atoms with Gasteiger partial charge in [-0.15, -0.1) is 0 Å². The lowest BCUT2D eigenvalue weighted by atomic mass is 9.98. The van der Waals surface area contributed by atoms with Crippen LogP contribution in [0.2, 0.25) is 5.02 Å². The SMILES string of the molecule is O=C(NCCOC1CCCCC1)c1ccc(Cl)cc1O. The van der Waals surface area contributed by atoms with Crippen LogP contribution in [0, 0.1) is 0 Å². The van der Waals surface area contributed by atoms with Crippen LogP contribution in [-0.4, -0.2) is 30.3 Å². The first-order valence-electron chi connectivity index (χ1n) is 7.05. The Morgan fingerprint density at radius 2 is 2.10 bits per heavy atom. The Labute approximate surface area is 124 Å². The average Bonchev–Trinajstić information content (AvgIpc) is 2.44. The Balaban J connectivity index is 1.72. The number of carbonyl (C=O) groups excluding carboxylic acids is 1. The van der Waals surface area contributed by atoms with Gasteiger partial charge in [-0.2, -0.15) is 0 Å². The largest absolute Gasteiger partial charge is 0.507 e. The standard InChI is InChI=1S/C15H20ClNO3/c16-11-6-7-13(14(18)10-11)15(19)17-8-9-20-12-4-2-1-3-5-12/h6-7,10,12,18H,1-5,8-9H2,(H,17,19). The van der Waals surface area contributed by atoms with E-state index in [2.05, 4.69) is 5.32 Å². The molecule has 5 heteroatoms. The first-order chi connectivity index (χ1) is 9.66. The number of halogens is 1. The second-order valence-corrected chi connectivity index (χ2v) is 5.48. The molecule has 2 N–H and O–H groups in total. The molecule has 0 bridgehead atoms. The molecule has 0 heterocycles. The zero-order valence-corrected chi connectivity index (χ0v) is 12.2. The normalized spacial score (nSPS) is 16.1. The first kappa shape index (κ1) is 15.1. The van der Waals surface area contributed by atoms with E-state index in [1.165, 1.54) is 31.4 Å². The van der Waals surface area contributed by atoms with Crippen molar-refractivity contribution in [3.63, 3.8) is 0 Å². The zero-order chi connectivity index (χ0) is 14.4. The maximum atomic E-state index is 11.9. The molecule has 0 radical (unpaired) electrons. The molecule has 1 aromatic carbocycles. The topological polar surface area (TPSA) is 58.6 Å². The molecule has 4 nitrogen and oxygen atoms in total. The third-order valence-corrected chi connectivity index (χ3v) is 3.73. The van der Waals surface area contributed by atoms with Crippen LogP contribution in [0.4, 0.5) is 0 Å². The van der Waals surface area contributed by atoms with E-state index in [9.17, 15) is 9.90 Å². The fraction of sp³-hybridized carbons (Fsp3) is 0.533. The van der Waals surface area contributed by atoms with Crippen molar-refractivity contribution in [1.29, 1.82) is 0 Å². The number of nitrogens with one attached hydrogen (secondary N) is 1. The summed E-state index contributed by atoms with van der Waals surface area (Å²) in [5.41, 5.74) is 0.229. The average molecular weight is 298 g/mol. The number of hydrogen-bond donors (Lipinski definition) is 2. The van der Waals surface area contributed by atoms with Crippen molar-refractivity contribution < 1.29 is 14.6 Å². The smallest absolute Gasteiger partial charge is 0.255 e. The van der Waals surface area contributed by atoms with Crippen LogP contribution >= 0.6 is 11.6 Å². The molecule has 0 aliphatic heterocycles. The van der Waals surface area contributed by atoms with Gasteiger partial charge in [0, 0.05) is 11.6 Å². The maximum Gasteiger partial charge on any atom is 0.255 e. The fourth-order valence-corrected chi connectivity index (χ4v) is 2.58. The summed E-state index contributed by atoms with van der Waals surface area (Å²) in [6.07, 6.45) is 6.33. The molecule has 0 aromatic heterocycles. The van der Waals surface area contributed by atoms with Crippen molar-refractivity contribution in [2.45, 2.75) is 38.2 Å². The van der Waals surface area contributed by atoms with E-state index in [0.29, 0.717) is 24.3 Å². The van der Waals surface area contributed by atoms with E-state index in [4.69, 9.17) is 16.3 Å². The minimum Gasteiger partial charge on any atom is -0.507 e. The van der Waals surface area contributed by atoms with E-state index < -0.39 is 0 Å². The number of carbonyl (C=O) groups is 1. The Hall–Kier alpha value is -1.26. The summed E-state index contributed by atoms with van der Waals surface area (Å²) in [7, 11) is 0. The molecule has 0 spiro atoms. The fourth-order valence-electron chi connectivity index (χ4n) is 2.41. The van der Waals surface area contributed by atoms with Crippen LogP contribution < -0.4 is 5.32 Å². The van der Waals surface area contributed by atoms with Gasteiger partial charge in [0.15, 0.2) is 0 Å². The summed E-state index contributed by atoms with van der Waals surface area (Å²) in [6.45, 7) is 0.947. The molecule has 2 rings (SSSR count). The van der Waals surface area contributed by atoms with Crippen LogP contribution in [-0.2, 0) is 4.74 Å². The Bertz CT molecular complexity index is 458. The molecule has 0 saturated heterocycles. The number of aromatic hydroxyl groups is 1. The van der Waals surface area contributed by atoms with Crippen molar-refractivity contribution in [3.05, 3.63) is 28.8 Å². The number of ether oxygens (including phenoxy) is 1. The minimum absolute atomic E-state index is 0.108. The van der Waals surface area contributed by atoms with Crippen molar-refractivity contribution in [1.82, 2.24) is 5.32 Å². The van der Waals surface area contributed by atoms with Crippen LogP contribution in [0.3, 0.4) is 0 Å². The highest BCUT2D eigenvalue weighted by molar-refractivity contribution is 6.30. The molecule has 110 valence electrons. The number of benzene rings is 1. The second-order valence-electron chi connectivity index (χ2n) is 5.05. The molecule has 1 aromatic rings. The van der Waals surface area contributed by atoms with E-state index in [1.807, 2.05) is 0 Å². The highest BCUT2D eigenvalue weighted by atomic mass is 35.5. The molecular formula is C15H20ClNO3. The van der Waals surface area contributed by atoms with Crippen LogP contribution in [0.1, 0.15) is 42.5 Å². The van der Waals surface area contributed by atoms with Gasteiger partial charge in [-0.3, -0.25) is 4.79 Å². The number of rotatable bonds is 5. The van der Waals surface area contributed by atoms with Gasteiger partial charge in [0.25, 0.3) is 5.91 Å². The molecule has 1 aliphatic rings. The second kappa shape index (κ2) is 7.50. The minimum atomic E-state index is -0.314. The van der Waals surface area contributed by atoms with Gasteiger partial charge in [0.05, 0.1) is 18.3 Å². The van der Waals surface area contributed by atoms with Gasteiger partial charge in [-0.1, -0.05) is 30.9 Å². The lowest BCUT2D eigenvalue weighted by Crippen LogP contribution is -2.29. The van der Waals surface area contributed by atoms with E-state index in [0.717, 1.165) is 12.8 Å². The number of phenols is 1. The van der Waals surface area contributed by atoms with Gasteiger partial charge in [-0.05, 0) is 31.0 Å². The van der Waals surface area contributed by atoms with Crippen LogP contribution in [0.5, 0.6) is 5.75 Å². The van der Waals surface area contributed by atoms with Crippen molar-refractivity contribution in [3.8, 4) is 5.75 Å². The third-order valence-electron chi connectivity index (χ3n) is 3.50. The third kappa shape index (κ3) is 4.39. The monoisotopic (exact) mass is 297 g/mol. The summed E-state index contributed by atoms with van der Waals surface area (Å²) in [5, 5.41) is 12.8. The van der Waals surface area contributed by atoms with Crippen LogP contribution in [0.15, 0.2) is 18.2 Å². The first-order valence-corrected chi connectivity index (χ1v) is 7.43. The van der Waals surface area contributed by atoms with Crippen molar-refractivity contribution >= 4 is 17.5 Å². The molecule has 1 saturated carbocycles. The van der Waals surface area contributed by atoms with Gasteiger partial charge in [0.2, 0.25) is 0 Å². The predicted octanol–water partition coefficient (Wildman–Crippen LogP) is 3.12. The highest BCUT2D eigenvalue weighted by Gasteiger charge is 2.14. The summed E-state index contributed by atoms with van der Waals surface area (Å²) < 4.78 is 5.72. The molecule has 1 fully saturated rings. The van der Waals surface area contributed by atoms with E-state index in [1.54, 1.807) is 6.07 Å².